The van der Waals surface area contributed by atoms with Gasteiger partial charge in [0.15, 0.2) is 5.96 Å². The predicted octanol–water partition coefficient (Wildman–Crippen LogP) is 3.35. The molecule has 164 valence electrons. The lowest BCUT2D eigenvalue weighted by molar-refractivity contribution is 0.109. The number of rotatable bonds is 5. The number of nitrogens with one attached hydrogen (secondary N) is 1. The smallest absolute Gasteiger partial charge is 0.194 e. The Balaban J connectivity index is 0.00000280. The predicted molar refractivity (Wildman–Crippen MR) is 134 cm³/mol. The molecule has 28 heavy (non-hydrogen) atoms. The van der Waals surface area contributed by atoms with E-state index in [0.29, 0.717) is 10.8 Å². The summed E-state index contributed by atoms with van der Waals surface area (Å²) < 4.78 is 0.495. The summed E-state index contributed by atoms with van der Waals surface area (Å²) in [5, 5.41) is 3.59. The van der Waals surface area contributed by atoms with Crippen LogP contribution in [0.25, 0.3) is 0 Å². The molecule has 1 atom stereocenters. The summed E-state index contributed by atoms with van der Waals surface area (Å²) in [6.07, 6.45) is 7.04. The zero-order chi connectivity index (χ0) is 19.1. The Morgan fingerprint density at radius 3 is 2.43 bits per heavy atom. The van der Waals surface area contributed by atoms with Crippen molar-refractivity contribution in [1.29, 1.82) is 0 Å². The third-order valence-electron chi connectivity index (χ3n) is 6.63. The van der Waals surface area contributed by atoms with Crippen molar-refractivity contribution in [2.24, 2.45) is 4.99 Å². The molecule has 0 aromatic heterocycles. The largest absolute Gasteiger partial charge is 0.357 e. The fraction of sp³-hybridized carbons (Fsp3) is 0.952. The summed E-state index contributed by atoms with van der Waals surface area (Å²) in [6, 6.07) is 0.528. The first-order valence-electron chi connectivity index (χ1n) is 11.3. The first kappa shape index (κ1) is 24.5. The van der Waals surface area contributed by atoms with E-state index in [2.05, 4.69) is 52.5 Å². The molecule has 0 amide bonds. The van der Waals surface area contributed by atoms with E-state index in [9.17, 15) is 0 Å². The van der Waals surface area contributed by atoms with Crippen LogP contribution >= 0.6 is 35.7 Å². The van der Waals surface area contributed by atoms with E-state index >= 15 is 0 Å². The molecule has 1 N–H and O–H groups in total. The van der Waals surface area contributed by atoms with Gasteiger partial charge in [-0.25, -0.2) is 0 Å². The minimum Gasteiger partial charge on any atom is -0.357 e. The van der Waals surface area contributed by atoms with Crippen molar-refractivity contribution >= 4 is 41.7 Å². The van der Waals surface area contributed by atoms with Crippen molar-refractivity contribution in [3.8, 4) is 0 Å². The molecular formula is C21H42IN5S. The van der Waals surface area contributed by atoms with Crippen LogP contribution in [-0.4, -0.2) is 96.1 Å². The maximum atomic E-state index is 5.10. The van der Waals surface area contributed by atoms with Crippen LogP contribution in [0, 0.1) is 0 Å². The monoisotopic (exact) mass is 523 g/mol. The van der Waals surface area contributed by atoms with Gasteiger partial charge in [-0.1, -0.05) is 26.2 Å². The third-order valence-corrected chi connectivity index (χ3v) is 8.17. The van der Waals surface area contributed by atoms with Crippen LogP contribution in [0.2, 0.25) is 0 Å². The molecule has 2 aliphatic heterocycles. The van der Waals surface area contributed by atoms with Crippen LogP contribution in [0.15, 0.2) is 4.99 Å². The number of hydrogen-bond acceptors (Lipinski definition) is 4. The van der Waals surface area contributed by atoms with Crippen molar-refractivity contribution in [3.05, 3.63) is 0 Å². The Labute approximate surface area is 194 Å². The van der Waals surface area contributed by atoms with E-state index in [1.54, 1.807) is 0 Å². The zero-order valence-corrected chi connectivity index (χ0v) is 21.4. The Hall–Kier alpha value is 0.270. The van der Waals surface area contributed by atoms with E-state index in [0.717, 1.165) is 25.6 Å². The summed E-state index contributed by atoms with van der Waals surface area (Å²) in [4.78, 5) is 12.8. The second kappa shape index (κ2) is 12.2. The molecule has 3 fully saturated rings. The number of likely N-dealkylation sites (N-methyl/N-ethyl adjacent to an activating group) is 1. The molecule has 0 radical (unpaired) electrons. The van der Waals surface area contributed by atoms with Gasteiger partial charge in [0.05, 0.1) is 6.54 Å². The molecule has 7 heteroatoms. The molecule has 5 nitrogen and oxygen atoms in total. The molecule has 0 aromatic carbocycles. The number of thioether (sulfide) groups is 1. The van der Waals surface area contributed by atoms with Gasteiger partial charge in [0.25, 0.3) is 0 Å². The van der Waals surface area contributed by atoms with E-state index in [4.69, 9.17) is 4.99 Å². The molecule has 1 saturated carbocycles. The lowest BCUT2D eigenvalue weighted by atomic mass is 9.87. The van der Waals surface area contributed by atoms with Crippen molar-refractivity contribution in [1.82, 2.24) is 20.0 Å². The van der Waals surface area contributed by atoms with Gasteiger partial charge in [-0.2, -0.15) is 11.8 Å². The standard InChI is InChI=1S/C21H41N5S.HI/c1-4-22-20(23-17-19(3)25-13-11-24(5-2)12-14-25)26-15-16-27-21(18-26)9-7-6-8-10-21;/h19H,4-18H2,1-3H3,(H,22,23);1H. The first-order chi connectivity index (χ1) is 13.2. The lowest BCUT2D eigenvalue weighted by Gasteiger charge is -2.45. The highest BCUT2D eigenvalue weighted by atomic mass is 127. The molecule has 3 rings (SSSR count). The highest BCUT2D eigenvalue weighted by Gasteiger charge is 2.38. The van der Waals surface area contributed by atoms with Crippen molar-refractivity contribution in [3.63, 3.8) is 0 Å². The topological polar surface area (TPSA) is 34.1 Å². The van der Waals surface area contributed by atoms with Crippen molar-refractivity contribution in [2.45, 2.75) is 63.7 Å². The second-order valence-corrected chi connectivity index (χ2v) is 10.1. The number of piperazine rings is 1. The lowest BCUT2D eigenvalue weighted by Crippen LogP contribution is -2.54. The van der Waals surface area contributed by atoms with Crippen molar-refractivity contribution < 1.29 is 0 Å². The highest BCUT2D eigenvalue weighted by molar-refractivity contribution is 14.0. The minimum absolute atomic E-state index is 0. The second-order valence-electron chi connectivity index (χ2n) is 8.53. The van der Waals surface area contributed by atoms with Gasteiger partial charge in [0, 0.05) is 62.4 Å². The Morgan fingerprint density at radius 2 is 1.79 bits per heavy atom. The quantitative estimate of drug-likeness (QED) is 0.340. The maximum Gasteiger partial charge on any atom is 0.194 e. The van der Waals surface area contributed by atoms with E-state index < -0.39 is 0 Å². The van der Waals surface area contributed by atoms with Gasteiger partial charge in [-0.05, 0) is 33.2 Å². The summed E-state index contributed by atoms with van der Waals surface area (Å²) in [5.74, 6) is 2.40. The van der Waals surface area contributed by atoms with Crippen molar-refractivity contribution in [2.75, 3.05) is 64.7 Å². The van der Waals surface area contributed by atoms with E-state index in [-0.39, 0.29) is 24.0 Å². The number of guanidine groups is 1. The molecule has 1 aliphatic carbocycles. The zero-order valence-electron chi connectivity index (χ0n) is 18.3. The fourth-order valence-corrected chi connectivity index (χ4v) is 6.37. The Kier molecular flexibility index (Phi) is 10.7. The van der Waals surface area contributed by atoms with Gasteiger partial charge >= 0.3 is 0 Å². The molecule has 1 spiro atoms. The van der Waals surface area contributed by atoms with E-state index in [1.165, 1.54) is 77.1 Å². The molecule has 2 heterocycles. The average Bonchev–Trinajstić information content (AvgIpc) is 2.71. The summed E-state index contributed by atoms with van der Waals surface area (Å²) in [7, 11) is 0. The molecule has 3 aliphatic rings. The maximum absolute atomic E-state index is 5.10. The molecule has 0 aromatic rings. The number of halogens is 1. The number of nitrogens with zero attached hydrogens (tertiary/aromatic N) is 4. The minimum atomic E-state index is 0. The van der Waals surface area contributed by atoms with Gasteiger partial charge in [-0.3, -0.25) is 9.89 Å². The normalized spacial score (nSPS) is 25.4. The van der Waals surface area contributed by atoms with Crippen LogP contribution in [0.1, 0.15) is 52.9 Å². The van der Waals surface area contributed by atoms with Crippen LogP contribution in [0.4, 0.5) is 0 Å². The highest BCUT2D eigenvalue weighted by Crippen LogP contribution is 2.42. The van der Waals surface area contributed by atoms with Crippen LogP contribution in [0.3, 0.4) is 0 Å². The number of aliphatic imine (C=N–C) groups is 1. The van der Waals surface area contributed by atoms with Gasteiger partial charge in [0.2, 0.25) is 0 Å². The molecule has 0 bridgehead atoms. The average molecular weight is 524 g/mol. The summed E-state index contributed by atoms with van der Waals surface area (Å²) >= 11 is 2.24. The van der Waals surface area contributed by atoms with Gasteiger partial charge in [-0.15, -0.1) is 24.0 Å². The van der Waals surface area contributed by atoms with Crippen LogP contribution in [0.5, 0.6) is 0 Å². The Bertz CT molecular complexity index is 470. The Morgan fingerprint density at radius 1 is 1.07 bits per heavy atom. The van der Waals surface area contributed by atoms with Crippen LogP contribution in [-0.2, 0) is 0 Å². The van der Waals surface area contributed by atoms with Crippen LogP contribution < -0.4 is 5.32 Å². The molecular weight excluding hydrogens is 481 g/mol. The molecule has 1 unspecified atom stereocenters. The summed E-state index contributed by atoms with van der Waals surface area (Å²) in [5.41, 5.74) is 0. The number of hydrogen-bond donors (Lipinski definition) is 1. The van der Waals surface area contributed by atoms with Gasteiger partial charge < -0.3 is 15.1 Å². The fourth-order valence-electron chi connectivity index (χ4n) is 4.80. The van der Waals surface area contributed by atoms with Gasteiger partial charge in [0.1, 0.15) is 0 Å². The molecule has 2 saturated heterocycles. The first-order valence-corrected chi connectivity index (χ1v) is 12.3. The van der Waals surface area contributed by atoms with E-state index in [1.807, 2.05) is 0 Å². The third kappa shape index (κ3) is 6.64. The SMILES string of the molecule is CCNC(=NCC(C)N1CCN(CC)CC1)N1CCSC2(CCCCC2)C1.I. The summed E-state index contributed by atoms with van der Waals surface area (Å²) in [6.45, 7) is 17.0.